The largest absolute Gasteiger partial charge is 0.341 e. The number of rotatable bonds is 2. The Kier molecular flexibility index (Phi) is 2.81. The number of anilines is 1. The number of likely N-dealkylation sites (tertiary alicyclic amines) is 1. The first kappa shape index (κ1) is 12.6. The van der Waals surface area contributed by atoms with Gasteiger partial charge in [-0.15, -0.1) is 0 Å². The lowest BCUT2D eigenvalue weighted by molar-refractivity contribution is -0.117. The van der Waals surface area contributed by atoms with E-state index >= 15 is 0 Å². The number of carbonyl (C=O) groups excluding carboxylic acids is 2. The zero-order chi connectivity index (χ0) is 14.4. The topological polar surface area (TPSA) is 69.3 Å². The van der Waals surface area contributed by atoms with Crippen molar-refractivity contribution in [2.45, 2.75) is 24.9 Å². The molecule has 0 saturated carbocycles. The van der Waals surface area contributed by atoms with E-state index in [4.69, 9.17) is 0 Å². The van der Waals surface area contributed by atoms with Crippen LogP contribution in [0.5, 0.6) is 0 Å². The van der Waals surface area contributed by atoms with Gasteiger partial charge in [-0.05, 0) is 17.9 Å². The first-order valence-corrected chi connectivity index (χ1v) is 7.83. The molecule has 7 heteroatoms. The van der Waals surface area contributed by atoms with E-state index in [1.165, 1.54) is 12.5 Å². The Morgan fingerprint density at radius 3 is 3.05 bits per heavy atom. The maximum atomic E-state index is 12.5. The van der Waals surface area contributed by atoms with Gasteiger partial charge in [0.2, 0.25) is 5.91 Å². The lowest BCUT2D eigenvalue weighted by Gasteiger charge is -2.24. The highest BCUT2D eigenvalue weighted by atomic mass is 32.1. The molecule has 2 saturated heterocycles. The van der Waals surface area contributed by atoms with Gasteiger partial charge in [-0.1, -0.05) is 0 Å². The van der Waals surface area contributed by atoms with Gasteiger partial charge < -0.3 is 14.8 Å². The standard InChI is InChI=1S/C14H14N4O2S/c19-13-5-12-11(18(13)9-2-4-21-7-9)1-3-17(12)14(20)10-6-15-8-16-10/h2,4,6-8,11-12H,1,3,5H2,(H,15,16)/t11-,12+/m0/s1. The van der Waals surface area contributed by atoms with E-state index in [2.05, 4.69) is 9.97 Å². The van der Waals surface area contributed by atoms with Crippen molar-refractivity contribution >= 4 is 28.8 Å². The third kappa shape index (κ3) is 1.88. The van der Waals surface area contributed by atoms with Crippen LogP contribution in [0.4, 0.5) is 5.69 Å². The Labute approximate surface area is 125 Å². The molecule has 0 radical (unpaired) electrons. The number of hydrogen-bond donors (Lipinski definition) is 1. The molecular weight excluding hydrogens is 288 g/mol. The van der Waals surface area contributed by atoms with Crippen LogP contribution in [-0.4, -0.2) is 45.3 Å². The van der Waals surface area contributed by atoms with Gasteiger partial charge >= 0.3 is 0 Å². The van der Waals surface area contributed by atoms with Gasteiger partial charge in [0.1, 0.15) is 5.69 Å². The first-order valence-electron chi connectivity index (χ1n) is 6.89. The molecular formula is C14H14N4O2S. The Balaban J connectivity index is 1.61. The van der Waals surface area contributed by atoms with Crippen molar-refractivity contribution in [1.82, 2.24) is 14.9 Å². The molecule has 2 aliphatic heterocycles. The molecule has 0 spiro atoms. The molecule has 21 heavy (non-hydrogen) atoms. The predicted molar refractivity (Wildman–Crippen MR) is 78.2 cm³/mol. The third-order valence-corrected chi connectivity index (χ3v) is 4.94. The van der Waals surface area contributed by atoms with Crippen LogP contribution in [0, 0.1) is 0 Å². The summed E-state index contributed by atoms with van der Waals surface area (Å²) < 4.78 is 0. The Morgan fingerprint density at radius 2 is 2.33 bits per heavy atom. The van der Waals surface area contributed by atoms with E-state index in [0.717, 1.165) is 12.1 Å². The molecule has 2 aromatic rings. The number of aromatic nitrogens is 2. The third-order valence-electron chi connectivity index (χ3n) is 4.27. The molecule has 108 valence electrons. The summed E-state index contributed by atoms with van der Waals surface area (Å²) in [4.78, 5) is 35.2. The van der Waals surface area contributed by atoms with Gasteiger partial charge in [-0.25, -0.2) is 4.98 Å². The number of thiophene rings is 1. The summed E-state index contributed by atoms with van der Waals surface area (Å²) in [6, 6.07) is 2.02. The fraction of sp³-hybridized carbons (Fsp3) is 0.357. The molecule has 2 atom stereocenters. The average molecular weight is 302 g/mol. The number of imidazole rings is 1. The van der Waals surface area contributed by atoms with E-state index < -0.39 is 0 Å². The number of hydrogen-bond acceptors (Lipinski definition) is 4. The van der Waals surface area contributed by atoms with Gasteiger partial charge in [0.15, 0.2) is 0 Å². The van der Waals surface area contributed by atoms with E-state index in [0.29, 0.717) is 18.7 Å². The van der Waals surface area contributed by atoms with Gasteiger partial charge in [0.25, 0.3) is 5.91 Å². The first-order chi connectivity index (χ1) is 10.3. The highest BCUT2D eigenvalue weighted by Gasteiger charge is 2.49. The SMILES string of the molecule is O=C(c1cnc[nH]1)N1CC[C@H]2[C@H]1CC(=O)N2c1ccsc1. The molecule has 2 aromatic heterocycles. The van der Waals surface area contributed by atoms with Gasteiger partial charge in [0.05, 0.1) is 30.3 Å². The van der Waals surface area contributed by atoms with E-state index in [1.807, 2.05) is 26.6 Å². The summed E-state index contributed by atoms with van der Waals surface area (Å²) in [6.45, 7) is 0.682. The summed E-state index contributed by atoms with van der Waals surface area (Å²) in [6.07, 6.45) is 4.26. The number of nitrogens with zero attached hydrogens (tertiary/aromatic N) is 3. The van der Waals surface area contributed by atoms with Crippen molar-refractivity contribution < 1.29 is 9.59 Å². The van der Waals surface area contributed by atoms with E-state index in [-0.39, 0.29) is 23.9 Å². The summed E-state index contributed by atoms with van der Waals surface area (Å²) >= 11 is 1.58. The highest BCUT2D eigenvalue weighted by molar-refractivity contribution is 7.08. The van der Waals surface area contributed by atoms with Crippen LogP contribution in [0.3, 0.4) is 0 Å². The van der Waals surface area contributed by atoms with Crippen molar-refractivity contribution in [3.8, 4) is 0 Å². The minimum Gasteiger partial charge on any atom is -0.341 e. The molecule has 4 rings (SSSR count). The summed E-state index contributed by atoms with van der Waals surface area (Å²) in [5.74, 6) is 0.0329. The van der Waals surface area contributed by atoms with Crippen LogP contribution < -0.4 is 4.90 Å². The van der Waals surface area contributed by atoms with Gasteiger partial charge in [-0.3, -0.25) is 9.59 Å². The normalized spacial score (nSPS) is 24.7. The van der Waals surface area contributed by atoms with Crippen LogP contribution in [0.1, 0.15) is 23.3 Å². The number of nitrogens with one attached hydrogen (secondary N) is 1. The number of H-pyrrole nitrogens is 1. The van der Waals surface area contributed by atoms with Crippen LogP contribution in [0.15, 0.2) is 29.4 Å². The minimum absolute atomic E-state index is 0.0341. The predicted octanol–water partition coefficient (Wildman–Crippen LogP) is 1.49. The summed E-state index contributed by atoms with van der Waals surface area (Å²) in [5, 5.41) is 3.96. The Hall–Kier alpha value is -2.15. The van der Waals surface area contributed by atoms with Gasteiger partial charge in [-0.2, -0.15) is 11.3 Å². The van der Waals surface area contributed by atoms with Crippen LogP contribution in [0.2, 0.25) is 0 Å². The monoisotopic (exact) mass is 302 g/mol. The number of fused-ring (bicyclic) bond motifs is 1. The molecule has 0 bridgehead atoms. The van der Waals surface area contributed by atoms with E-state index in [9.17, 15) is 9.59 Å². The minimum atomic E-state index is -0.0695. The van der Waals surface area contributed by atoms with Crippen molar-refractivity contribution in [2.24, 2.45) is 0 Å². The lowest BCUT2D eigenvalue weighted by atomic mass is 10.1. The zero-order valence-corrected chi connectivity index (χ0v) is 12.0. The molecule has 2 aliphatic rings. The maximum absolute atomic E-state index is 12.5. The fourth-order valence-electron chi connectivity index (χ4n) is 3.36. The van der Waals surface area contributed by atoms with Gasteiger partial charge in [0, 0.05) is 18.3 Å². The second kappa shape index (κ2) is 4.70. The molecule has 6 nitrogen and oxygen atoms in total. The lowest BCUT2D eigenvalue weighted by Crippen LogP contribution is -2.40. The second-order valence-electron chi connectivity index (χ2n) is 5.34. The summed E-state index contributed by atoms with van der Waals surface area (Å²) in [7, 11) is 0. The highest BCUT2D eigenvalue weighted by Crippen LogP contribution is 2.37. The molecule has 4 heterocycles. The van der Waals surface area contributed by atoms with Crippen molar-refractivity contribution in [3.05, 3.63) is 35.0 Å². The second-order valence-corrected chi connectivity index (χ2v) is 6.12. The maximum Gasteiger partial charge on any atom is 0.272 e. The number of aromatic amines is 1. The molecule has 0 aromatic carbocycles. The quantitative estimate of drug-likeness (QED) is 0.914. The Bertz CT molecular complexity index is 667. The van der Waals surface area contributed by atoms with Crippen molar-refractivity contribution in [3.63, 3.8) is 0 Å². The van der Waals surface area contributed by atoms with Crippen LogP contribution in [-0.2, 0) is 4.79 Å². The van der Waals surface area contributed by atoms with Crippen LogP contribution in [0.25, 0.3) is 0 Å². The van der Waals surface area contributed by atoms with Crippen LogP contribution >= 0.6 is 11.3 Å². The van der Waals surface area contributed by atoms with Crippen molar-refractivity contribution in [1.29, 1.82) is 0 Å². The fourth-order valence-corrected chi connectivity index (χ4v) is 3.98. The molecule has 2 fully saturated rings. The van der Waals surface area contributed by atoms with Crippen molar-refractivity contribution in [2.75, 3.05) is 11.4 Å². The smallest absolute Gasteiger partial charge is 0.272 e. The number of amides is 2. The molecule has 2 amide bonds. The molecule has 0 unspecified atom stereocenters. The zero-order valence-electron chi connectivity index (χ0n) is 11.2. The average Bonchev–Trinajstić information content (AvgIpc) is 3.23. The van der Waals surface area contributed by atoms with E-state index in [1.54, 1.807) is 11.3 Å². The molecule has 0 aliphatic carbocycles. The summed E-state index contributed by atoms with van der Waals surface area (Å²) in [5.41, 5.74) is 1.44. The molecule has 1 N–H and O–H groups in total. The number of carbonyl (C=O) groups is 2. The Morgan fingerprint density at radius 1 is 1.43 bits per heavy atom.